The molecular weight excluding hydrogens is 482 g/mol. The number of hydrogen-bond donors (Lipinski definition) is 1. The van der Waals surface area contributed by atoms with Crippen LogP contribution in [0.15, 0.2) is 42.5 Å². The Hall–Kier alpha value is -2.16. The van der Waals surface area contributed by atoms with E-state index in [4.69, 9.17) is 37.4 Å². The molecule has 0 saturated carbocycles. The van der Waals surface area contributed by atoms with Gasteiger partial charge in [0.05, 0.1) is 11.1 Å². The summed E-state index contributed by atoms with van der Waals surface area (Å²) < 4.78 is 54.8. The van der Waals surface area contributed by atoms with Gasteiger partial charge < -0.3 is 19.5 Å². The van der Waals surface area contributed by atoms with Crippen LogP contribution in [-0.2, 0) is 9.53 Å². The zero-order chi connectivity index (χ0) is 24.2. The molecule has 1 aliphatic heterocycles. The van der Waals surface area contributed by atoms with E-state index in [1.807, 2.05) is 24.3 Å². The third kappa shape index (κ3) is 6.91. The quantitative estimate of drug-likeness (QED) is 0.461. The van der Waals surface area contributed by atoms with E-state index in [9.17, 15) is 18.0 Å². The lowest BCUT2D eigenvalue weighted by molar-refractivity contribution is -0.207. The Kier molecular flexibility index (Phi) is 8.37. The molecule has 2 aromatic carbocycles. The summed E-state index contributed by atoms with van der Waals surface area (Å²) in [5.41, 5.74) is 1.17. The summed E-state index contributed by atoms with van der Waals surface area (Å²) in [4.78, 5) is 11.5. The maximum Gasteiger partial charge on any atom is 0.490 e. The molecule has 0 aliphatic carbocycles. The van der Waals surface area contributed by atoms with Gasteiger partial charge in [-0.15, -0.1) is 0 Å². The van der Waals surface area contributed by atoms with E-state index in [-0.39, 0.29) is 28.5 Å². The Bertz CT molecular complexity index is 954. The average Bonchev–Trinajstić information content (AvgIpc) is 3.21. The van der Waals surface area contributed by atoms with Crippen molar-refractivity contribution in [3.8, 4) is 11.5 Å². The van der Waals surface area contributed by atoms with Crippen molar-refractivity contribution in [2.75, 3.05) is 13.2 Å². The van der Waals surface area contributed by atoms with Crippen LogP contribution in [0.2, 0.25) is 10.0 Å². The summed E-state index contributed by atoms with van der Waals surface area (Å²) in [7, 11) is 0. The number of alkyl halides is 3. The minimum atomic E-state index is -5.13. The topological polar surface area (TPSA) is 56.8 Å². The third-order valence-corrected chi connectivity index (χ3v) is 6.03. The number of nitrogens with one attached hydrogen (secondary N) is 1. The van der Waals surface area contributed by atoms with Crippen molar-refractivity contribution in [3.63, 3.8) is 0 Å². The molecule has 3 unspecified atom stereocenters. The number of benzene rings is 2. The Labute approximate surface area is 200 Å². The summed E-state index contributed by atoms with van der Waals surface area (Å²) in [6.07, 6.45) is -6.36. The maximum absolute atomic E-state index is 12.8. The van der Waals surface area contributed by atoms with Gasteiger partial charge in [-0.2, -0.15) is 13.2 Å². The van der Waals surface area contributed by atoms with Gasteiger partial charge in [0.15, 0.2) is 6.10 Å². The predicted molar refractivity (Wildman–Crippen MR) is 119 cm³/mol. The second-order valence-electron chi connectivity index (χ2n) is 8.02. The maximum atomic E-state index is 12.8. The first-order valence-electron chi connectivity index (χ1n) is 10.4. The largest absolute Gasteiger partial charge is 0.490 e. The van der Waals surface area contributed by atoms with Crippen molar-refractivity contribution in [2.24, 2.45) is 0 Å². The molecule has 1 heterocycles. The van der Waals surface area contributed by atoms with Crippen LogP contribution >= 0.6 is 23.2 Å². The van der Waals surface area contributed by atoms with Gasteiger partial charge in [-0.3, -0.25) is 0 Å². The van der Waals surface area contributed by atoms with Crippen LogP contribution in [0.1, 0.15) is 31.7 Å². The van der Waals surface area contributed by atoms with Crippen LogP contribution in [0.4, 0.5) is 13.2 Å². The lowest BCUT2D eigenvalue weighted by Gasteiger charge is -2.25. The van der Waals surface area contributed by atoms with Crippen molar-refractivity contribution in [1.29, 1.82) is 0 Å². The van der Waals surface area contributed by atoms with Gasteiger partial charge in [-0.05, 0) is 35.7 Å². The average molecular weight is 506 g/mol. The van der Waals surface area contributed by atoms with Gasteiger partial charge >= 0.3 is 12.1 Å². The molecule has 33 heavy (non-hydrogen) atoms. The SMILES string of the molecule is CC(C)c1ccc(OC2CNC(C(COc3cccc(Cl)c3Cl)OC(=O)C(F)(F)F)C2)cc1. The summed E-state index contributed by atoms with van der Waals surface area (Å²) in [5, 5.41) is 3.41. The molecule has 0 bridgehead atoms. The highest BCUT2D eigenvalue weighted by Gasteiger charge is 2.44. The monoisotopic (exact) mass is 505 g/mol. The number of carbonyl (C=O) groups excluding carboxylic acids is 1. The molecule has 1 N–H and O–H groups in total. The lowest BCUT2D eigenvalue weighted by Crippen LogP contribution is -2.44. The van der Waals surface area contributed by atoms with Crippen molar-refractivity contribution < 1.29 is 32.2 Å². The zero-order valence-electron chi connectivity index (χ0n) is 18.0. The first-order chi connectivity index (χ1) is 15.5. The Balaban J connectivity index is 1.66. The van der Waals surface area contributed by atoms with Crippen LogP contribution in [0.25, 0.3) is 0 Å². The minimum absolute atomic E-state index is 0.116. The van der Waals surface area contributed by atoms with E-state index in [2.05, 4.69) is 19.2 Å². The van der Waals surface area contributed by atoms with Gasteiger partial charge in [-0.25, -0.2) is 4.79 Å². The molecule has 5 nitrogen and oxygen atoms in total. The molecule has 1 fully saturated rings. The molecule has 0 spiro atoms. The molecule has 10 heteroatoms. The van der Waals surface area contributed by atoms with Crippen molar-refractivity contribution in [3.05, 3.63) is 58.1 Å². The van der Waals surface area contributed by atoms with E-state index in [1.165, 1.54) is 11.6 Å². The molecular formula is C23H24Cl2F3NO4. The van der Waals surface area contributed by atoms with Crippen molar-refractivity contribution in [2.45, 2.75) is 50.6 Å². The van der Waals surface area contributed by atoms with E-state index < -0.39 is 24.3 Å². The Morgan fingerprint density at radius 2 is 1.85 bits per heavy atom. The molecule has 1 aliphatic rings. The highest BCUT2D eigenvalue weighted by molar-refractivity contribution is 6.42. The van der Waals surface area contributed by atoms with Crippen molar-refractivity contribution >= 4 is 29.2 Å². The van der Waals surface area contributed by atoms with Gasteiger partial charge in [0.25, 0.3) is 0 Å². The fourth-order valence-electron chi connectivity index (χ4n) is 3.43. The summed E-state index contributed by atoms with van der Waals surface area (Å²) >= 11 is 12.0. The van der Waals surface area contributed by atoms with Crippen LogP contribution in [0.3, 0.4) is 0 Å². The van der Waals surface area contributed by atoms with E-state index in [1.54, 1.807) is 12.1 Å². The minimum Gasteiger partial charge on any atom is -0.489 e. The second-order valence-corrected chi connectivity index (χ2v) is 8.80. The van der Waals surface area contributed by atoms with Gasteiger partial charge in [0, 0.05) is 13.0 Å². The molecule has 3 atom stereocenters. The molecule has 1 saturated heterocycles. The molecule has 2 aromatic rings. The van der Waals surface area contributed by atoms with E-state index >= 15 is 0 Å². The van der Waals surface area contributed by atoms with Crippen molar-refractivity contribution in [1.82, 2.24) is 5.32 Å². The number of halogens is 5. The molecule has 0 amide bonds. The van der Waals surface area contributed by atoms with Gasteiger partial charge in [-0.1, -0.05) is 55.2 Å². The lowest BCUT2D eigenvalue weighted by atomic mass is 10.0. The molecule has 0 aromatic heterocycles. The highest BCUT2D eigenvalue weighted by Crippen LogP contribution is 2.32. The number of ether oxygens (including phenoxy) is 3. The smallest absolute Gasteiger partial charge is 0.489 e. The summed E-state index contributed by atoms with van der Waals surface area (Å²) in [6, 6.07) is 11.7. The summed E-state index contributed by atoms with van der Waals surface area (Å²) in [5.74, 6) is -1.08. The third-order valence-electron chi connectivity index (χ3n) is 5.23. The molecule has 3 rings (SSSR count). The van der Waals surface area contributed by atoms with E-state index in [0.29, 0.717) is 24.6 Å². The van der Waals surface area contributed by atoms with Crippen LogP contribution in [0.5, 0.6) is 11.5 Å². The number of hydrogen-bond acceptors (Lipinski definition) is 5. The van der Waals surface area contributed by atoms with Crippen LogP contribution in [0, 0.1) is 0 Å². The Morgan fingerprint density at radius 3 is 2.48 bits per heavy atom. The second kappa shape index (κ2) is 10.8. The summed E-state index contributed by atoms with van der Waals surface area (Å²) in [6.45, 7) is 4.19. The number of esters is 1. The van der Waals surface area contributed by atoms with Crippen LogP contribution in [-0.4, -0.2) is 43.5 Å². The normalized spacial score (nSPS) is 19.4. The standard InChI is InChI=1S/C23H24Cl2F3NO4/c1-13(2)14-6-8-15(9-7-14)32-16-10-18(29-11-16)20(33-22(30)23(26,27)28)12-31-19-5-3-4-17(24)21(19)25/h3-9,13,16,18,20,29H,10-12H2,1-2H3. The first kappa shape index (κ1) is 25.5. The highest BCUT2D eigenvalue weighted by atomic mass is 35.5. The molecule has 180 valence electrons. The number of carbonyl (C=O) groups is 1. The van der Waals surface area contributed by atoms with Gasteiger partial charge in [0.1, 0.15) is 29.2 Å². The van der Waals surface area contributed by atoms with E-state index in [0.717, 1.165) is 0 Å². The van der Waals surface area contributed by atoms with Gasteiger partial charge in [0.2, 0.25) is 0 Å². The molecule has 0 radical (unpaired) electrons. The first-order valence-corrected chi connectivity index (χ1v) is 11.1. The Morgan fingerprint density at radius 1 is 1.15 bits per heavy atom. The predicted octanol–water partition coefficient (Wildman–Crippen LogP) is 5.78. The fraction of sp³-hybridized carbons (Fsp3) is 0.435. The van der Waals surface area contributed by atoms with Crippen LogP contribution < -0.4 is 14.8 Å². The number of rotatable bonds is 8. The fourth-order valence-corrected chi connectivity index (χ4v) is 3.78. The zero-order valence-corrected chi connectivity index (χ0v) is 19.5.